The molecule has 0 aliphatic carbocycles. The van der Waals surface area contributed by atoms with Crippen LogP contribution in [-0.4, -0.2) is 27.6 Å². The van der Waals surface area contributed by atoms with Gasteiger partial charge in [0.2, 0.25) is 0 Å². The highest BCUT2D eigenvalue weighted by molar-refractivity contribution is 5.95. The fourth-order valence-electron chi connectivity index (χ4n) is 2.94. The van der Waals surface area contributed by atoms with Crippen molar-refractivity contribution in [3.8, 4) is 5.69 Å². The van der Waals surface area contributed by atoms with Crippen molar-refractivity contribution in [3.63, 3.8) is 0 Å². The summed E-state index contributed by atoms with van der Waals surface area (Å²) in [5, 5.41) is 4.43. The largest absolute Gasteiger partial charge is 0.337 e. The van der Waals surface area contributed by atoms with E-state index in [2.05, 4.69) is 5.10 Å². The van der Waals surface area contributed by atoms with Gasteiger partial charge in [0.15, 0.2) is 0 Å². The van der Waals surface area contributed by atoms with Crippen molar-refractivity contribution in [1.82, 2.24) is 14.7 Å². The molecule has 2 aromatic carbocycles. The zero-order valence-electron chi connectivity index (χ0n) is 15.2. The summed E-state index contributed by atoms with van der Waals surface area (Å²) in [6, 6.07) is 14.2. The molecule has 3 rings (SSSR count). The summed E-state index contributed by atoms with van der Waals surface area (Å²) >= 11 is 0. The maximum atomic E-state index is 13.0. The van der Waals surface area contributed by atoms with Crippen LogP contribution in [0.25, 0.3) is 5.69 Å². The van der Waals surface area contributed by atoms with Gasteiger partial charge in [0, 0.05) is 13.6 Å². The number of nitrogens with zero attached hydrogens (tertiary/aromatic N) is 3. The van der Waals surface area contributed by atoms with E-state index >= 15 is 0 Å². The molecular formula is C21H22FN3O. The van der Waals surface area contributed by atoms with Gasteiger partial charge in [-0.1, -0.05) is 36.8 Å². The molecule has 3 aromatic rings. The van der Waals surface area contributed by atoms with Crippen molar-refractivity contribution in [3.05, 3.63) is 82.9 Å². The van der Waals surface area contributed by atoms with E-state index in [1.165, 1.54) is 17.7 Å². The molecule has 0 saturated heterocycles. The second-order valence-electron chi connectivity index (χ2n) is 6.39. The molecule has 4 nitrogen and oxygen atoms in total. The SMILES string of the molecule is CCc1c(C(=O)N(C)Cc2ccc(F)cc2)cnn1-c1ccc(C)cc1. The second kappa shape index (κ2) is 7.52. The van der Waals surface area contributed by atoms with Crippen molar-refractivity contribution >= 4 is 5.91 Å². The molecule has 134 valence electrons. The standard InChI is InChI=1S/C21H22FN3O/c1-4-20-19(13-23-25(20)18-11-5-15(2)6-12-18)21(26)24(3)14-16-7-9-17(22)10-8-16/h5-13H,4,14H2,1-3H3. The van der Waals surface area contributed by atoms with Gasteiger partial charge in [-0.2, -0.15) is 5.10 Å². The molecule has 0 spiro atoms. The van der Waals surface area contributed by atoms with Crippen LogP contribution in [0.3, 0.4) is 0 Å². The first-order valence-corrected chi connectivity index (χ1v) is 8.63. The lowest BCUT2D eigenvalue weighted by Crippen LogP contribution is -2.27. The summed E-state index contributed by atoms with van der Waals surface area (Å²) < 4.78 is 14.9. The Morgan fingerprint density at radius 1 is 1.12 bits per heavy atom. The molecule has 5 heteroatoms. The van der Waals surface area contributed by atoms with E-state index in [1.54, 1.807) is 30.3 Å². The third kappa shape index (κ3) is 3.67. The van der Waals surface area contributed by atoms with Crippen LogP contribution in [0.2, 0.25) is 0 Å². The zero-order chi connectivity index (χ0) is 18.7. The minimum Gasteiger partial charge on any atom is -0.337 e. The van der Waals surface area contributed by atoms with E-state index < -0.39 is 0 Å². The predicted molar refractivity (Wildman–Crippen MR) is 99.9 cm³/mol. The van der Waals surface area contributed by atoms with Crippen LogP contribution < -0.4 is 0 Å². The Hall–Kier alpha value is -2.95. The fraction of sp³-hybridized carbons (Fsp3) is 0.238. The number of carbonyl (C=O) groups excluding carboxylic acids is 1. The van der Waals surface area contributed by atoms with Gasteiger partial charge in [-0.05, 0) is 43.2 Å². The summed E-state index contributed by atoms with van der Waals surface area (Å²) in [4.78, 5) is 14.5. The lowest BCUT2D eigenvalue weighted by atomic mass is 10.1. The molecule has 1 amide bonds. The number of hydrogen-bond acceptors (Lipinski definition) is 2. The first-order chi connectivity index (χ1) is 12.5. The van der Waals surface area contributed by atoms with Crippen molar-refractivity contribution in [2.75, 3.05) is 7.05 Å². The number of hydrogen-bond donors (Lipinski definition) is 0. The van der Waals surface area contributed by atoms with E-state index in [0.29, 0.717) is 18.5 Å². The molecular weight excluding hydrogens is 329 g/mol. The van der Waals surface area contributed by atoms with Crippen molar-refractivity contribution < 1.29 is 9.18 Å². The highest BCUT2D eigenvalue weighted by atomic mass is 19.1. The number of amides is 1. The highest BCUT2D eigenvalue weighted by Crippen LogP contribution is 2.18. The van der Waals surface area contributed by atoms with Gasteiger partial charge in [0.05, 0.1) is 23.1 Å². The lowest BCUT2D eigenvalue weighted by Gasteiger charge is -2.17. The third-order valence-electron chi connectivity index (χ3n) is 4.39. The van der Waals surface area contributed by atoms with Gasteiger partial charge < -0.3 is 4.90 Å². The van der Waals surface area contributed by atoms with Crippen LogP contribution >= 0.6 is 0 Å². The average Bonchev–Trinajstić information content (AvgIpc) is 3.07. The average molecular weight is 351 g/mol. The molecule has 1 heterocycles. The molecule has 0 aliphatic rings. The molecule has 0 unspecified atom stereocenters. The predicted octanol–water partition coefficient (Wildman–Crippen LogP) is 4.15. The smallest absolute Gasteiger partial charge is 0.257 e. The van der Waals surface area contributed by atoms with E-state index in [9.17, 15) is 9.18 Å². The van der Waals surface area contributed by atoms with Gasteiger partial charge in [-0.3, -0.25) is 4.79 Å². The molecule has 0 saturated carbocycles. The topological polar surface area (TPSA) is 38.1 Å². The zero-order valence-corrected chi connectivity index (χ0v) is 15.2. The van der Waals surface area contributed by atoms with E-state index in [4.69, 9.17) is 0 Å². The van der Waals surface area contributed by atoms with Crippen LogP contribution in [0, 0.1) is 12.7 Å². The van der Waals surface area contributed by atoms with Crippen LogP contribution in [0.1, 0.15) is 34.1 Å². The normalized spacial score (nSPS) is 10.8. The quantitative estimate of drug-likeness (QED) is 0.692. The van der Waals surface area contributed by atoms with Crippen LogP contribution in [0.4, 0.5) is 4.39 Å². The molecule has 26 heavy (non-hydrogen) atoms. The van der Waals surface area contributed by atoms with Crippen LogP contribution in [0.5, 0.6) is 0 Å². The Morgan fingerprint density at radius 2 is 1.77 bits per heavy atom. The Bertz CT molecular complexity index is 898. The summed E-state index contributed by atoms with van der Waals surface area (Å²) in [7, 11) is 1.74. The Balaban J connectivity index is 1.85. The van der Waals surface area contributed by atoms with Gasteiger partial charge in [0.25, 0.3) is 5.91 Å². The summed E-state index contributed by atoms with van der Waals surface area (Å²) in [6.07, 6.45) is 2.32. The molecule has 0 bridgehead atoms. The number of carbonyl (C=O) groups is 1. The minimum absolute atomic E-state index is 0.0930. The first kappa shape index (κ1) is 17.9. The highest BCUT2D eigenvalue weighted by Gasteiger charge is 2.20. The van der Waals surface area contributed by atoms with Gasteiger partial charge in [-0.25, -0.2) is 9.07 Å². The lowest BCUT2D eigenvalue weighted by molar-refractivity contribution is 0.0784. The monoisotopic (exact) mass is 351 g/mol. The van der Waals surface area contributed by atoms with E-state index in [1.807, 2.05) is 42.8 Å². The number of aromatic nitrogens is 2. The third-order valence-corrected chi connectivity index (χ3v) is 4.39. The van der Waals surface area contributed by atoms with E-state index in [-0.39, 0.29) is 11.7 Å². The van der Waals surface area contributed by atoms with Crippen molar-refractivity contribution in [2.45, 2.75) is 26.8 Å². The Labute approximate surface area is 152 Å². The number of aryl methyl sites for hydroxylation is 1. The number of rotatable bonds is 5. The molecule has 0 atom stereocenters. The fourth-order valence-corrected chi connectivity index (χ4v) is 2.94. The summed E-state index contributed by atoms with van der Waals surface area (Å²) in [5.41, 5.74) is 4.47. The van der Waals surface area contributed by atoms with Crippen LogP contribution in [-0.2, 0) is 13.0 Å². The van der Waals surface area contributed by atoms with Crippen LogP contribution in [0.15, 0.2) is 54.7 Å². The van der Waals surface area contributed by atoms with Gasteiger partial charge in [0.1, 0.15) is 5.82 Å². The second-order valence-corrected chi connectivity index (χ2v) is 6.39. The van der Waals surface area contributed by atoms with Crippen molar-refractivity contribution in [2.24, 2.45) is 0 Å². The summed E-state index contributed by atoms with van der Waals surface area (Å²) in [5.74, 6) is -0.375. The Kier molecular flexibility index (Phi) is 5.16. The van der Waals surface area contributed by atoms with Gasteiger partial charge >= 0.3 is 0 Å². The van der Waals surface area contributed by atoms with Gasteiger partial charge in [-0.15, -0.1) is 0 Å². The minimum atomic E-state index is -0.282. The number of halogens is 1. The maximum Gasteiger partial charge on any atom is 0.257 e. The molecule has 0 radical (unpaired) electrons. The maximum absolute atomic E-state index is 13.0. The number of benzene rings is 2. The molecule has 0 fully saturated rings. The molecule has 0 aliphatic heterocycles. The summed E-state index contributed by atoms with van der Waals surface area (Å²) in [6.45, 7) is 4.46. The Morgan fingerprint density at radius 3 is 2.38 bits per heavy atom. The molecule has 1 aromatic heterocycles. The first-order valence-electron chi connectivity index (χ1n) is 8.63. The van der Waals surface area contributed by atoms with Crippen molar-refractivity contribution in [1.29, 1.82) is 0 Å². The van der Waals surface area contributed by atoms with E-state index in [0.717, 1.165) is 16.9 Å². The molecule has 0 N–H and O–H groups in total.